The topological polar surface area (TPSA) is 58.6 Å². The molecule has 0 aliphatic heterocycles. The molecule has 0 spiro atoms. The van der Waals surface area contributed by atoms with Crippen LogP contribution in [0.4, 0.5) is 0 Å². The quantitative estimate of drug-likeness (QED) is 0.557. The first-order valence-corrected chi connectivity index (χ1v) is 11.2. The molecule has 0 radical (unpaired) electrons. The Kier molecular flexibility index (Phi) is 9.38. The van der Waals surface area contributed by atoms with E-state index in [0.29, 0.717) is 17.2 Å². The zero-order valence-corrected chi connectivity index (χ0v) is 19.8. The smallest absolute Gasteiger partial charge is 0.261 e. The van der Waals surface area contributed by atoms with Crippen molar-refractivity contribution < 1.29 is 14.3 Å². The fraction of sp³-hybridized carbons (Fsp3) is 0.440. The molecule has 0 aliphatic carbocycles. The van der Waals surface area contributed by atoms with E-state index < -0.39 is 6.04 Å². The van der Waals surface area contributed by atoms with Gasteiger partial charge in [0.15, 0.2) is 6.61 Å². The highest BCUT2D eigenvalue weighted by Gasteiger charge is 2.30. The highest BCUT2D eigenvalue weighted by molar-refractivity contribution is 6.31. The SMILES string of the molecule is CC[C@H](C(=O)N[C@@H](C)CC)N(Cc1ccccc1Cl)C(=O)COc1cc(C)cc(C)c1. The molecule has 5 nitrogen and oxygen atoms in total. The van der Waals surface area contributed by atoms with Gasteiger partial charge in [0.25, 0.3) is 5.91 Å². The summed E-state index contributed by atoms with van der Waals surface area (Å²) in [4.78, 5) is 27.8. The Hall–Kier alpha value is -2.53. The highest BCUT2D eigenvalue weighted by Crippen LogP contribution is 2.21. The third kappa shape index (κ3) is 7.28. The number of hydrogen-bond acceptors (Lipinski definition) is 3. The van der Waals surface area contributed by atoms with Crippen LogP contribution in [0.1, 0.15) is 50.3 Å². The zero-order valence-electron chi connectivity index (χ0n) is 19.1. The number of rotatable bonds is 10. The highest BCUT2D eigenvalue weighted by atomic mass is 35.5. The lowest BCUT2D eigenvalue weighted by atomic mass is 10.1. The van der Waals surface area contributed by atoms with Crippen molar-refractivity contribution in [3.63, 3.8) is 0 Å². The van der Waals surface area contributed by atoms with Gasteiger partial charge < -0.3 is 15.0 Å². The average Bonchev–Trinajstić information content (AvgIpc) is 2.72. The molecule has 168 valence electrons. The van der Waals surface area contributed by atoms with Gasteiger partial charge in [-0.3, -0.25) is 9.59 Å². The summed E-state index contributed by atoms with van der Waals surface area (Å²) >= 11 is 6.35. The molecule has 0 saturated heterocycles. The van der Waals surface area contributed by atoms with Gasteiger partial charge in [-0.1, -0.05) is 49.7 Å². The van der Waals surface area contributed by atoms with Crippen LogP contribution in [-0.2, 0) is 16.1 Å². The van der Waals surface area contributed by atoms with Crippen molar-refractivity contribution in [2.45, 2.75) is 66.1 Å². The molecule has 2 amide bonds. The molecular weight excluding hydrogens is 412 g/mol. The Bertz CT molecular complexity index is 880. The summed E-state index contributed by atoms with van der Waals surface area (Å²) in [5.74, 6) is 0.217. The summed E-state index contributed by atoms with van der Waals surface area (Å²) in [5, 5.41) is 3.56. The molecule has 0 aromatic heterocycles. The third-order valence-corrected chi connectivity index (χ3v) is 5.61. The van der Waals surface area contributed by atoms with E-state index in [4.69, 9.17) is 16.3 Å². The van der Waals surface area contributed by atoms with Crippen LogP contribution in [-0.4, -0.2) is 35.4 Å². The van der Waals surface area contributed by atoms with E-state index in [1.807, 2.05) is 71.0 Å². The predicted octanol–water partition coefficient (Wildman–Crippen LogP) is 5.06. The average molecular weight is 445 g/mol. The molecule has 2 aromatic carbocycles. The first-order chi connectivity index (χ1) is 14.7. The van der Waals surface area contributed by atoms with Gasteiger partial charge in [0, 0.05) is 17.6 Å². The van der Waals surface area contributed by atoms with Crippen LogP contribution in [0.2, 0.25) is 5.02 Å². The van der Waals surface area contributed by atoms with Gasteiger partial charge in [-0.2, -0.15) is 0 Å². The molecule has 0 saturated carbocycles. The van der Waals surface area contributed by atoms with Crippen LogP contribution in [0.25, 0.3) is 0 Å². The minimum atomic E-state index is -0.611. The molecule has 0 heterocycles. The van der Waals surface area contributed by atoms with E-state index >= 15 is 0 Å². The zero-order chi connectivity index (χ0) is 23.0. The van der Waals surface area contributed by atoms with E-state index in [9.17, 15) is 9.59 Å². The third-order valence-electron chi connectivity index (χ3n) is 5.24. The number of amides is 2. The Morgan fingerprint density at radius 3 is 2.29 bits per heavy atom. The first-order valence-electron chi connectivity index (χ1n) is 10.8. The van der Waals surface area contributed by atoms with E-state index in [1.165, 1.54) is 0 Å². The molecule has 31 heavy (non-hydrogen) atoms. The van der Waals surface area contributed by atoms with Gasteiger partial charge in [-0.25, -0.2) is 0 Å². The number of hydrogen-bond donors (Lipinski definition) is 1. The van der Waals surface area contributed by atoms with Gasteiger partial charge in [0.1, 0.15) is 11.8 Å². The molecule has 1 N–H and O–H groups in total. The number of aryl methyl sites for hydroxylation is 2. The van der Waals surface area contributed by atoms with E-state index in [0.717, 1.165) is 23.1 Å². The van der Waals surface area contributed by atoms with Gasteiger partial charge in [0.2, 0.25) is 5.91 Å². The lowest BCUT2D eigenvalue weighted by Crippen LogP contribution is -2.51. The summed E-state index contributed by atoms with van der Waals surface area (Å²) in [7, 11) is 0. The van der Waals surface area contributed by atoms with Crippen molar-refractivity contribution in [2.75, 3.05) is 6.61 Å². The normalized spacial score (nSPS) is 12.7. The second-order valence-electron chi connectivity index (χ2n) is 7.97. The van der Waals surface area contributed by atoms with Crippen LogP contribution in [0.5, 0.6) is 5.75 Å². The molecule has 0 unspecified atom stereocenters. The number of benzene rings is 2. The maximum absolute atomic E-state index is 13.2. The summed E-state index contributed by atoms with van der Waals surface area (Å²) in [6.45, 7) is 9.92. The van der Waals surface area contributed by atoms with Crippen molar-refractivity contribution in [1.29, 1.82) is 0 Å². The largest absolute Gasteiger partial charge is 0.484 e. The Balaban J connectivity index is 2.25. The minimum absolute atomic E-state index is 0.0327. The summed E-state index contributed by atoms with van der Waals surface area (Å²) in [6, 6.07) is 12.6. The van der Waals surface area contributed by atoms with Crippen LogP contribution in [0.15, 0.2) is 42.5 Å². The number of carbonyl (C=O) groups is 2. The van der Waals surface area contributed by atoms with E-state index in [-0.39, 0.29) is 31.0 Å². The van der Waals surface area contributed by atoms with Crippen molar-refractivity contribution >= 4 is 23.4 Å². The van der Waals surface area contributed by atoms with Crippen molar-refractivity contribution in [3.8, 4) is 5.75 Å². The lowest BCUT2D eigenvalue weighted by Gasteiger charge is -2.31. The fourth-order valence-electron chi connectivity index (χ4n) is 3.41. The van der Waals surface area contributed by atoms with E-state index in [2.05, 4.69) is 5.32 Å². The number of nitrogens with one attached hydrogen (secondary N) is 1. The maximum Gasteiger partial charge on any atom is 0.261 e. The number of ether oxygens (including phenoxy) is 1. The van der Waals surface area contributed by atoms with Crippen molar-refractivity contribution in [2.24, 2.45) is 0 Å². The number of carbonyl (C=O) groups excluding carboxylic acids is 2. The Morgan fingerprint density at radius 2 is 1.71 bits per heavy atom. The van der Waals surface area contributed by atoms with Crippen LogP contribution in [0, 0.1) is 13.8 Å². The second kappa shape index (κ2) is 11.8. The molecular formula is C25H33ClN2O3. The first kappa shape index (κ1) is 24.7. The lowest BCUT2D eigenvalue weighted by molar-refractivity contribution is -0.143. The van der Waals surface area contributed by atoms with Gasteiger partial charge in [-0.15, -0.1) is 0 Å². The van der Waals surface area contributed by atoms with Gasteiger partial charge >= 0.3 is 0 Å². The Labute approximate surface area is 190 Å². The molecule has 6 heteroatoms. The van der Waals surface area contributed by atoms with Gasteiger partial charge in [-0.05, 0) is 68.5 Å². The monoisotopic (exact) mass is 444 g/mol. The summed E-state index contributed by atoms with van der Waals surface area (Å²) in [6.07, 6.45) is 1.30. The molecule has 2 atom stereocenters. The van der Waals surface area contributed by atoms with E-state index in [1.54, 1.807) is 11.0 Å². The predicted molar refractivity (Wildman–Crippen MR) is 125 cm³/mol. The summed E-state index contributed by atoms with van der Waals surface area (Å²) in [5.41, 5.74) is 2.92. The minimum Gasteiger partial charge on any atom is -0.484 e. The Morgan fingerprint density at radius 1 is 1.06 bits per heavy atom. The van der Waals surface area contributed by atoms with Crippen LogP contribution in [0.3, 0.4) is 0 Å². The standard InChI is InChI=1S/C25H33ClN2O3/c1-6-19(5)27-25(30)23(7-2)28(15-20-10-8-9-11-22(20)26)24(29)16-31-21-13-17(3)12-18(4)14-21/h8-14,19,23H,6-7,15-16H2,1-5H3,(H,27,30)/t19-,23+/m0/s1. The second-order valence-corrected chi connectivity index (χ2v) is 8.37. The summed E-state index contributed by atoms with van der Waals surface area (Å²) < 4.78 is 5.80. The molecule has 0 bridgehead atoms. The van der Waals surface area contributed by atoms with Crippen molar-refractivity contribution in [3.05, 3.63) is 64.2 Å². The maximum atomic E-state index is 13.2. The number of nitrogens with zero attached hydrogens (tertiary/aromatic N) is 1. The molecule has 0 fully saturated rings. The van der Waals surface area contributed by atoms with Crippen molar-refractivity contribution in [1.82, 2.24) is 10.2 Å². The molecule has 2 aromatic rings. The fourth-order valence-corrected chi connectivity index (χ4v) is 3.61. The molecule has 2 rings (SSSR count). The van der Waals surface area contributed by atoms with Crippen LogP contribution < -0.4 is 10.1 Å². The number of halogens is 1. The van der Waals surface area contributed by atoms with Gasteiger partial charge in [0.05, 0.1) is 0 Å². The molecule has 0 aliphatic rings. The van der Waals surface area contributed by atoms with Crippen LogP contribution >= 0.6 is 11.6 Å².